The number of anilines is 1. The Labute approximate surface area is 127 Å². The Kier molecular flexibility index (Phi) is 4.39. The van der Waals surface area contributed by atoms with Crippen LogP contribution in [0, 0.1) is 0 Å². The molecule has 0 amide bonds. The number of benzene rings is 1. The standard InChI is InChI=1S/C18H25N3/c1-2-15-7-4-3-5-12-21(15)13-14-9-10-17(19)16-8-6-11-20-18(14)16/h6,8-11,15H,2-5,7,12-13,19H2,1H3. The van der Waals surface area contributed by atoms with E-state index in [1.807, 2.05) is 18.3 Å². The molecule has 21 heavy (non-hydrogen) atoms. The first kappa shape index (κ1) is 14.3. The zero-order valence-corrected chi connectivity index (χ0v) is 12.9. The molecule has 112 valence electrons. The molecule has 0 bridgehead atoms. The van der Waals surface area contributed by atoms with E-state index >= 15 is 0 Å². The molecular weight excluding hydrogens is 258 g/mol. The fourth-order valence-corrected chi connectivity index (χ4v) is 3.51. The van der Waals surface area contributed by atoms with E-state index in [1.54, 1.807) is 0 Å². The average molecular weight is 283 g/mol. The van der Waals surface area contributed by atoms with Gasteiger partial charge < -0.3 is 5.73 Å². The maximum absolute atomic E-state index is 6.08. The van der Waals surface area contributed by atoms with Gasteiger partial charge in [-0.15, -0.1) is 0 Å². The highest BCUT2D eigenvalue weighted by atomic mass is 15.2. The summed E-state index contributed by atoms with van der Waals surface area (Å²) < 4.78 is 0. The third kappa shape index (κ3) is 3.03. The van der Waals surface area contributed by atoms with Gasteiger partial charge in [0.15, 0.2) is 0 Å². The van der Waals surface area contributed by atoms with E-state index in [4.69, 9.17) is 5.73 Å². The molecule has 0 spiro atoms. The molecule has 1 aliphatic heterocycles. The molecule has 0 saturated carbocycles. The van der Waals surface area contributed by atoms with Crippen molar-refractivity contribution in [2.24, 2.45) is 0 Å². The molecule has 0 aliphatic carbocycles. The van der Waals surface area contributed by atoms with Gasteiger partial charge in [0.05, 0.1) is 5.52 Å². The fourth-order valence-electron chi connectivity index (χ4n) is 3.51. The molecule has 3 heteroatoms. The van der Waals surface area contributed by atoms with Gasteiger partial charge in [-0.2, -0.15) is 0 Å². The maximum atomic E-state index is 6.08. The van der Waals surface area contributed by atoms with Gasteiger partial charge in [0, 0.05) is 29.9 Å². The number of nitrogens with zero attached hydrogens (tertiary/aromatic N) is 2. The monoisotopic (exact) mass is 283 g/mol. The third-order valence-corrected chi connectivity index (χ3v) is 4.73. The number of fused-ring (bicyclic) bond motifs is 1. The van der Waals surface area contributed by atoms with Gasteiger partial charge in [-0.3, -0.25) is 9.88 Å². The molecule has 2 aromatic rings. The van der Waals surface area contributed by atoms with E-state index in [1.165, 1.54) is 44.2 Å². The average Bonchev–Trinajstić information content (AvgIpc) is 2.75. The predicted octanol–water partition coefficient (Wildman–Crippen LogP) is 3.97. The van der Waals surface area contributed by atoms with Crippen LogP contribution >= 0.6 is 0 Å². The number of nitrogen functional groups attached to an aromatic ring is 1. The van der Waals surface area contributed by atoms with E-state index in [-0.39, 0.29) is 0 Å². The Bertz CT molecular complexity index is 608. The highest BCUT2D eigenvalue weighted by molar-refractivity contribution is 5.92. The molecule has 3 nitrogen and oxygen atoms in total. The second-order valence-electron chi connectivity index (χ2n) is 6.10. The molecule has 1 fully saturated rings. The Morgan fingerprint density at radius 2 is 2.14 bits per heavy atom. The van der Waals surface area contributed by atoms with Crippen molar-refractivity contribution < 1.29 is 0 Å². The van der Waals surface area contributed by atoms with E-state index in [0.29, 0.717) is 6.04 Å². The minimum atomic E-state index is 0.712. The van der Waals surface area contributed by atoms with Crippen LogP contribution in [0.5, 0.6) is 0 Å². The second-order valence-corrected chi connectivity index (χ2v) is 6.10. The molecule has 3 rings (SSSR count). The summed E-state index contributed by atoms with van der Waals surface area (Å²) in [6.45, 7) is 4.51. The summed E-state index contributed by atoms with van der Waals surface area (Å²) >= 11 is 0. The first-order valence-electron chi connectivity index (χ1n) is 8.15. The van der Waals surface area contributed by atoms with Crippen LogP contribution < -0.4 is 5.73 Å². The molecule has 1 unspecified atom stereocenters. The van der Waals surface area contributed by atoms with Gasteiger partial charge in [0.25, 0.3) is 0 Å². The lowest BCUT2D eigenvalue weighted by atomic mass is 10.0. The zero-order chi connectivity index (χ0) is 14.7. The van der Waals surface area contributed by atoms with Gasteiger partial charge in [-0.1, -0.05) is 25.8 Å². The topological polar surface area (TPSA) is 42.1 Å². The van der Waals surface area contributed by atoms with E-state index in [0.717, 1.165) is 23.1 Å². The summed E-state index contributed by atoms with van der Waals surface area (Å²) in [6.07, 6.45) is 8.49. The van der Waals surface area contributed by atoms with Crippen LogP contribution in [-0.4, -0.2) is 22.5 Å². The molecule has 1 aliphatic rings. The first-order valence-corrected chi connectivity index (χ1v) is 8.15. The summed E-state index contributed by atoms with van der Waals surface area (Å²) in [6, 6.07) is 8.92. The molecule has 1 aromatic carbocycles. The van der Waals surface area contributed by atoms with Crippen LogP contribution in [0.2, 0.25) is 0 Å². The fraction of sp³-hybridized carbons (Fsp3) is 0.500. The SMILES string of the molecule is CCC1CCCCCN1Cc1ccc(N)c2cccnc12. The van der Waals surface area contributed by atoms with E-state index in [2.05, 4.69) is 28.9 Å². The molecule has 2 N–H and O–H groups in total. The van der Waals surface area contributed by atoms with Gasteiger partial charge in [-0.25, -0.2) is 0 Å². The number of nitrogens with two attached hydrogens (primary N) is 1. The van der Waals surface area contributed by atoms with E-state index < -0.39 is 0 Å². The van der Waals surface area contributed by atoms with Crippen molar-refractivity contribution in [1.29, 1.82) is 0 Å². The normalized spacial score (nSPS) is 20.5. The molecule has 0 radical (unpaired) electrons. The minimum absolute atomic E-state index is 0.712. The van der Waals surface area contributed by atoms with Crippen molar-refractivity contribution in [3.05, 3.63) is 36.0 Å². The van der Waals surface area contributed by atoms with Crippen molar-refractivity contribution in [1.82, 2.24) is 9.88 Å². The molecular formula is C18H25N3. The van der Waals surface area contributed by atoms with Crippen molar-refractivity contribution in [3.8, 4) is 0 Å². The smallest absolute Gasteiger partial charge is 0.0767 e. The quantitative estimate of drug-likeness (QED) is 0.867. The van der Waals surface area contributed by atoms with Crippen molar-refractivity contribution in [2.75, 3.05) is 12.3 Å². The van der Waals surface area contributed by atoms with Crippen molar-refractivity contribution >= 4 is 16.6 Å². The molecule has 1 aromatic heterocycles. The second kappa shape index (κ2) is 6.44. The Morgan fingerprint density at radius 3 is 3.00 bits per heavy atom. The van der Waals surface area contributed by atoms with Gasteiger partial charge >= 0.3 is 0 Å². The highest BCUT2D eigenvalue weighted by Crippen LogP contribution is 2.26. The number of aromatic nitrogens is 1. The van der Waals surface area contributed by atoms with Crippen LogP contribution in [0.4, 0.5) is 5.69 Å². The van der Waals surface area contributed by atoms with Gasteiger partial charge in [-0.05, 0) is 49.6 Å². The van der Waals surface area contributed by atoms with E-state index in [9.17, 15) is 0 Å². The van der Waals surface area contributed by atoms with Crippen LogP contribution in [0.15, 0.2) is 30.5 Å². The van der Waals surface area contributed by atoms with Crippen LogP contribution in [-0.2, 0) is 6.54 Å². The lowest BCUT2D eigenvalue weighted by molar-refractivity contribution is 0.186. The first-order chi connectivity index (χ1) is 10.3. The van der Waals surface area contributed by atoms with Gasteiger partial charge in [0.1, 0.15) is 0 Å². The zero-order valence-electron chi connectivity index (χ0n) is 12.9. The highest BCUT2D eigenvalue weighted by Gasteiger charge is 2.20. The van der Waals surface area contributed by atoms with Gasteiger partial charge in [0.2, 0.25) is 0 Å². The summed E-state index contributed by atoms with van der Waals surface area (Å²) in [5.74, 6) is 0. The Balaban J connectivity index is 1.91. The van der Waals surface area contributed by atoms with Crippen molar-refractivity contribution in [2.45, 2.75) is 51.6 Å². The van der Waals surface area contributed by atoms with Crippen LogP contribution in [0.25, 0.3) is 10.9 Å². The summed E-state index contributed by atoms with van der Waals surface area (Å²) in [5.41, 5.74) is 9.28. The summed E-state index contributed by atoms with van der Waals surface area (Å²) in [4.78, 5) is 7.22. The van der Waals surface area contributed by atoms with Crippen LogP contribution in [0.1, 0.15) is 44.6 Å². The largest absolute Gasteiger partial charge is 0.398 e. The lowest BCUT2D eigenvalue weighted by Crippen LogP contribution is -2.33. The van der Waals surface area contributed by atoms with Crippen LogP contribution in [0.3, 0.4) is 0 Å². The molecule has 1 atom stereocenters. The third-order valence-electron chi connectivity index (χ3n) is 4.73. The summed E-state index contributed by atoms with van der Waals surface area (Å²) in [5, 5.41) is 1.08. The number of likely N-dealkylation sites (tertiary alicyclic amines) is 1. The predicted molar refractivity (Wildman–Crippen MR) is 89.1 cm³/mol. The Hall–Kier alpha value is -1.61. The summed E-state index contributed by atoms with van der Waals surface area (Å²) in [7, 11) is 0. The number of hydrogen-bond donors (Lipinski definition) is 1. The van der Waals surface area contributed by atoms with Crippen molar-refractivity contribution in [3.63, 3.8) is 0 Å². The Morgan fingerprint density at radius 1 is 1.24 bits per heavy atom. The molecule has 1 saturated heterocycles. The molecule has 2 heterocycles. The lowest BCUT2D eigenvalue weighted by Gasteiger charge is -2.29. The number of hydrogen-bond acceptors (Lipinski definition) is 3. The number of rotatable bonds is 3. The number of pyridine rings is 1. The maximum Gasteiger partial charge on any atom is 0.0767 e. The minimum Gasteiger partial charge on any atom is -0.398 e.